The Morgan fingerprint density at radius 2 is 2.00 bits per heavy atom. The second kappa shape index (κ2) is 8.30. The molecule has 1 fully saturated rings. The van der Waals surface area contributed by atoms with Crippen molar-refractivity contribution in [3.63, 3.8) is 0 Å². The number of nitrogens with one attached hydrogen (secondary N) is 1. The molecule has 0 unspecified atom stereocenters. The van der Waals surface area contributed by atoms with Crippen LogP contribution in [0.3, 0.4) is 0 Å². The van der Waals surface area contributed by atoms with E-state index in [1.165, 1.54) is 48.4 Å². The fourth-order valence-electron chi connectivity index (χ4n) is 3.30. The fourth-order valence-corrected chi connectivity index (χ4v) is 4.31. The molecule has 0 aromatic carbocycles. The Morgan fingerprint density at radius 1 is 1.29 bits per heavy atom. The van der Waals surface area contributed by atoms with Gasteiger partial charge in [0.1, 0.15) is 0 Å². The molecule has 1 aromatic rings. The first-order chi connectivity index (χ1) is 10.1. The zero-order valence-electron chi connectivity index (χ0n) is 14.2. The highest BCUT2D eigenvalue weighted by Crippen LogP contribution is 2.27. The van der Waals surface area contributed by atoms with E-state index in [0.717, 1.165) is 19.1 Å². The molecule has 0 bridgehead atoms. The Kier molecular flexibility index (Phi) is 6.72. The van der Waals surface area contributed by atoms with Crippen LogP contribution < -0.4 is 5.32 Å². The molecule has 0 spiro atoms. The summed E-state index contributed by atoms with van der Waals surface area (Å²) >= 11 is 1.97. The maximum Gasteiger partial charge on any atom is 0.0302 e. The minimum Gasteiger partial charge on any atom is -0.310 e. The van der Waals surface area contributed by atoms with E-state index in [0.29, 0.717) is 6.04 Å². The summed E-state index contributed by atoms with van der Waals surface area (Å²) in [5, 5.41) is 3.53. The lowest BCUT2D eigenvalue weighted by atomic mass is 9.94. The van der Waals surface area contributed by atoms with Gasteiger partial charge in [0.15, 0.2) is 0 Å². The van der Waals surface area contributed by atoms with Gasteiger partial charge in [-0.3, -0.25) is 4.90 Å². The predicted molar refractivity (Wildman–Crippen MR) is 94.0 cm³/mol. The van der Waals surface area contributed by atoms with Crippen LogP contribution in [-0.2, 0) is 13.1 Å². The van der Waals surface area contributed by atoms with E-state index in [2.05, 4.69) is 44.0 Å². The van der Waals surface area contributed by atoms with Gasteiger partial charge < -0.3 is 5.32 Å². The Labute approximate surface area is 134 Å². The monoisotopic (exact) mass is 308 g/mol. The molecule has 2 rings (SSSR count). The van der Waals surface area contributed by atoms with Crippen LogP contribution in [0.1, 0.15) is 68.2 Å². The number of hydrogen-bond donors (Lipinski definition) is 1. The van der Waals surface area contributed by atoms with E-state index in [4.69, 9.17) is 0 Å². The molecule has 0 amide bonds. The lowest BCUT2D eigenvalue weighted by Crippen LogP contribution is -2.36. The highest BCUT2D eigenvalue weighted by molar-refractivity contribution is 7.12. The molecule has 21 heavy (non-hydrogen) atoms. The molecule has 1 aliphatic rings. The van der Waals surface area contributed by atoms with E-state index in [1.807, 2.05) is 11.3 Å². The summed E-state index contributed by atoms with van der Waals surface area (Å²) in [6.45, 7) is 12.4. The van der Waals surface area contributed by atoms with Crippen molar-refractivity contribution in [2.24, 2.45) is 0 Å². The summed E-state index contributed by atoms with van der Waals surface area (Å²) in [4.78, 5) is 5.69. The number of rotatable bonds is 7. The lowest BCUT2D eigenvalue weighted by Gasteiger charge is -2.33. The first-order valence-corrected chi connectivity index (χ1v) is 9.47. The summed E-state index contributed by atoms with van der Waals surface area (Å²) in [6, 6.07) is 3.81. The Balaban J connectivity index is 1.96. The van der Waals surface area contributed by atoms with Gasteiger partial charge in [-0.2, -0.15) is 0 Å². The summed E-state index contributed by atoms with van der Waals surface area (Å²) in [6.07, 6.45) is 7.09. The molecular weight excluding hydrogens is 276 g/mol. The van der Waals surface area contributed by atoms with Gasteiger partial charge in [0.05, 0.1) is 0 Å². The summed E-state index contributed by atoms with van der Waals surface area (Å²) in [5.74, 6) is 0. The molecule has 1 aromatic heterocycles. The quantitative estimate of drug-likeness (QED) is 0.785. The Morgan fingerprint density at radius 3 is 2.62 bits per heavy atom. The SMILES string of the molecule is CCN(Cc1cc(CNC(C)C)sc1C)C1CCCCC1. The third-order valence-electron chi connectivity index (χ3n) is 4.63. The van der Waals surface area contributed by atoms with Gasteiger partial charge in [0, 0.05) is 34.9 Å². The minimum atomic E-state index is 0.560. The van der Waals surface area contributed by atoms with Crippen molar-refractivity contribution in [1.82, 2.24) is 10.2 Å². The number of thiophene rings is 1. The lowest BCUT2D eigenvalue weighted by molar-refractivity contribution is 0.156. The maximum absolute atomic E-state index is 3.53. The Hall–Kier alpha value is -0.380. The van der Waals surface area contributed by atoms with Gasteiger partial charge in [-0.25, -0.2) is 0 Å². The smallest absolute Gasteiger partial charge is 0.0302 e. The maximum atomic E-state index is 3.53. The predicted octanol–water partition coefficient (Wildman–Crippen LogP) is 4.71. The van der Waals surface area contributed by atoms with Gasteiger partial charge >= 0.3 is 0 Å². The second-order valence-corrected chi connectivity index (χ2v) is 8.03. The van der Waals surface area contributed by atoms with Crippen LogP contribution in [0.15, 0.2) is 6.07 Å². The van der Waals surface area contributed by atoms with Crippen LogP contribution >= 0.6 is 11.3 Å². The number of aryl methyl sites for hydroxylation is 1. The van der Waals surface area contributed by atoms with Crippen molar-refractivity contribution in [3.05, 3.63) is 21.4 Å². The van der Waals surface area contributed by atoms with Gasteiger partial charge in [-0.1, -0.05) is 40.0 Å². The van der Waals surface area contributed by atoms with E-state index in [9.17, 15) is 0 Å². The molecule has 3 heteroatoms. The molecule has 1 heterocycles. The fraction of sp³-hybridized carbons (Fsp3) is 0.778. The van der Waals surface area contributed by atoms with Crippen LogP contribution in [0.4, 0.5) is 0 Å². The van der Waals surface area contributed by atoms with E-state index < -0.39 is 0 Å². The molecule has 2 nitrogen and oxygen atoms in total. The van der Waals surface area contributed by atoms with Gasteiger partial charge in [0.25, 0.3) is 0 Å². The standard InChI is InChI=1S/C18H32N2S/c1-5-20(17-9-7-6-8-10-17)13-16-11-18(21-15(16)4)12-19-14(2)3/h11,14,17,19H,5-10,12-13H2,1-4H3. The molecule has 1 saturated carbocycles. The third-order valence-corrected chi connectivity index (χ3v) is 5.72. The van der Waals surface area contributed by atoms with E-state index >= 15 is 0 Å². The second-order valence-electron chi connectivity index (χ2n) is 6.68. The van der Waals surface area contributed by atoms with Crippen LogP contribution in [0.5, 0.6) is 0 Å². The topological polar surface area (TPSA) is 15.3 Å². The first-order valence-electron chi connectivity index (χ1n) is 8.65. The third kappa shape index (κ3) is 5.08. The van der Waals surface area contributed by atoms with Crippen molar-refractivity contribution in [1.29, 1.82) is 0 Å². The first kappa shape index (κ1) is 17.0. The zero-order valence-corrected chi connectivity index (χ0v) is 15.1. The molecular formula is C18H32N2S. The van der Waals surface area contributed by atoms with Crippen molar-refractivity contribution in [3.8, 4) is 0 Å². The van der Waals surface area contributed by atoms with Crippen LogP contribution in [-0.4, -0.2) is 23.5 Å². The average molecular weight is 309 g/mol. The highest BCUT2D eigenvalue weighted by Gasteiger charge is 2.21. The molecule has 0 aliphatic heterocycles. The van der Waals surface area contributed by atoms with Crippen molar-refractivity contribution < 1.29 is 0 Å². The van der Waals surface area contributed by atoms with E-state index in [1.54, 1.807) is 5.56 Å². The molecule has 120 valence electrons. The average Bonchev–Trinajstić information content (AvgIpc) is 2.83. The molecule has 0 radical (unpaired) electrons. The largest absolute Gasteiger partial charge is 0.310 e. The van der Waals surface area contributed by atoms with E-state index in [-0.39, 0.29) is 0 Å². The van der Waals surface area contributed by atoms with Gasteiger partial charge in [-0.05, 0) is 37.9 Å². The number of nitrogens with zero attached hydrogens (tertiary/aromatic N) is 1. The van der Waals surface area contributed by atoms with Crippen molar-refractivity contribution in [2.45, 2.75) is 85.0 Å². The van der Waals surface area contributed by atoms with Gasteiger partial charge in [0.2, 0.25) is 0 Å². The summed E-state index contributed by atoms with van der Waals surface area (Å²) in [5.41, 5.74) is 1.55. The van der Waals surface area contributed by atoms with Crippen LogP contribution in [0, 0.1) is 6.92 Å². The van der Waals surface area contributed by atoms with Crippen LogP contribution in [0.2, 0.25) is 0 Å². The molecule has 1 aliphatic carbocycles. The summed E-state index contributed by atoms with van der Waals surface area (Å²) in [7, 11) is 0. The van der Waals surface area contributed by atoms with Crippen LogP contribution in [0.25, 0.3) is 0 Å². The van der Waals surface area contributed by atoms with Crippen molar-refractivity contribution >= 4 is 11.3 Å². The molecule has 0 atom stereocenters. The molecule has 1 N–H and O–H groups in total. The highest BCUT2D eigenvalue weighted by atomic mass is 32.1. The Bertz CT molecular complexity index is 419. The summed E-state index contributed by atoms with van der Waals surface area (Å²) < 4.78 is 0. The zero-order chi connectivity index (χ0) is 15.2. The number of hydrogen-bond acceptors (Lipinski definition) is 3. The van der Waals surface area contributed by atoms with Crippen molar-refractivity contribution in [2.75, 3.05) is 6.54 Å². The molecule has 0 saturated heterocycles. The normalized spacial score (nSPS) is 17.0. The van der Waals surface area contributed by atoms with Gasteiger partial charge in [-0.15, -0.1) is 11.3 Å². The minimum absolute atomic E-state index is 0.560.